The molecule has 8 heteroatoms. The van der Waals surface area contributed by atoms with E-state index in [2.05, 4.69) is 15.2 Å². The highest BCUT2D eigenvalue weighted by atomic mass is 127. The van der Waals surface area contributed by atoms with Crippen molar-refractivity contribution in [2.75, 3.05) is 53.6 Å². The highest BCUT2D eigenvalue weighted by molar-refractivity contribution is 14.0. The summed E-state index contributed by atoms with van der Waals surface area (Å²) in [4.78, 5) is 6.82. The Morgan fingerprint density at radius 1 is 1.19 bits per heavy atom. The van der Waals surface area contributed by atoms with Crippen molar-refractivity contribution in [2.45, 2.75) is 19.4 Å². The predicted molar refractivity (Wildman–Crippen MR) is 115 cm³/mol. The molecule has 1 aromatic rings. The van der Waals surface area contributed by atoms with E-state index in [1.54, 1.807) is 14.2 Å². The number of halogens is 1. The van der Waals surface area contributed by atoms with Gasteiger partial charge in [-0.1, -0.05) is 6.07 Å². The highest BCUT2D eigenvalue weighted by Gasteiger charge is 2.09. The summed E-state index contributed by atoms with van der Waals surface area (Å²) in [5.74, 6) is 1.88. The molecule has 1 saturated heterocycles. The normalized spacial score (nSPS) is 15.2. The van der Waals surface area contributed by atoms with Gasteiger partial charge in [0.05, 0.1) is 34.0 Å². The van der Waals surface area contributed by atoms with Gasteiger partial charge in [0, 0.05) is 19.6 Å². The second-order valence-corrected chi connectivity index (χ2v) is 5.98. The zero-order valence-electron chi connectivity index (χ0n) is 15.7. The monoisotopic (exact) mass is 478 g/mol. The molecule has 0 atom stereocenters. The number of nitrogens with two attached hydrogens (primary N) is 1. The number of ether oxygens (including phenoxy) is 3. The first-order chi connectivity index (χ1) is 12.2. The van der Waals surface area contributed by atoms with Gasteiger partial charge in [0.25, 0.3) is 0 Å². The number of rotatable bonds is 9. The third-order valence-corrected chi connectivity index (χ3v) is 4.19. The standard InChI is InChI=1S/C18H30N4O3.HI/c1-23-16-6-5-15(13-17(16)24-2)14-21-18(19)20-7-3-4-8-22-9-11-25-12-10-22;/h5-6,13H,3-4,7-12,14H2,1-2H3,(H3,19,20,21);1H. The minimum absolute atomic E-state index is 0. The Bertz CT molecular complexity index is 551. The number of nitrogens with one attached hydrogen (secondary N) is 1. The summed E-state index contributed by atoms with van der Waals surface area (Å²) in [6.07, 6.45) is 2.22. The third-order valence-electron chi connectivity index (χ3n) is 4.19. The maximum absolute atomic E-state index is 5.93. The summed E-state index contributed by atoms with van der Waals surface area (Å²) in [7, 11) is 3.24. The van der Waals surface area contributed by atoms with E-state index in [1.165, 1.54) is 0 Å². The molecule has 148 valence electrons. The number of hydrogen-bond donors (Lipinski definition) is 2. The van der Waals surface area contributed by atoms with Crippen LogP contribution in [0.2, 0.25) is 0 Å². The number of guanidine groups is 1. The van der Waals surface area contributed by atoms with Crippen molar-refractivity contribution >= 4 is 29.9 Å². The Hall–Kier alpha value is -1.26. The first kappa shape index (κ1) is 22.8. The fraction of sp³-hybridized carbons (Fsp3) is 0.611. The molecule has 0 aliphatic carbocycles. The van der Waals surface area contributed by atoms with Gasteiger partial charge in [-0.3, -0.25) is 4.90 Å². The van der Waals surface area contributed by atoms with E-state index in [1.807, 2.05) is 18.2 Å². The molecule has 0 saturated carbocycles. The minimum atomic E-state index is 0. The van der Waals surface area contributed by atoms with Crippen molar-refractivity contribution in [3.05, 3.63) is 23.8 Å². The molecule has 3 N–H and O–H groups in total. The number of morpholine rings is 1. The van der Waals surface area contributed by atoms with Crippen molar-refractivity contribution in [3.8, 4) is 11.5 Å². The number of nitrogens with zero attached hydrogens (tertiary/aromatic N) is 2. The van der Waals surface area contributed by atoms with E-state index in [0.29, 0.717) is 24.0 Å². The summed E-state index contributed by atoms with van der Waals surface area (Å²) in [6, 6.07) is 5.75. The lowest BCUT2D eigenvalue weighted by atomic mass is 10.2. The molecule has 1 heterocycles. The second-order valence-electron chi connectivity index (χ2n) is 5.98. The SMILES string of the molecule is COc1ccc(CN=C(N)NCCCCN2CCOCC2)cc1OC.I. The molecule has 1 aliphatic heterocycles. The molecule has 1 fully saturated rings. The van der Waals surface area contributed by atoms with Gasteiger partial charge in [-0.25, -0.2) is 4.99 Å². The van der Waals surface area contributed by atoms with E-state index in [9.17, 15) is 0 Å². The van der Waals surface area contributed by atoms with Gasteiger partial charge in [0.2, 0.25) is 0 Å². The van der Waals surface area contributed by atoms with Gasteiger partial charge in [0.1, 0.15) is 0 Å². The van der Waals surface area contributed by atoms with E-state index < -0.39 is 0 Å². The molecule has 1 aromatic carbocycles. The topological polar surface area (TPSA) is 81.3 Å². The minimum Gasteiger partial charge on any atom is -0.493 e. The van der Waals surface area contributed by atoms with E-state index >= 15 is 0 Å². The molecule has 0 aromatic heterocycles. The molecule has 0 radical (unpaired) electrons. The van der Waals surface area contributed by atoms with Crippen LogP contribution in [0.4, 0.5) is 0 Å². The number of unbranched alkanes of at least 4 members (excludes halogenated alkanes) is 1. The average molecular weight is 478 g/mol. The first-order valence-corrected chi connectivity index (χ1v) is 8.77. The Morgan fingerprint density at radius 3 is 2.62 bits per heavy atom. The Morgan fingerprint density at radius 2 is 1.92 bits per heavy atom. The molecular weight excluding hydrogens is 447 g/mol. The van der Waals surface area contributed by atoms with Crippen LogP contribution < -0.4 is 20.5 Å². The second kappa shape index (κ2) is 13.0. The number of methoxy groups -OCH3 is 2. The summed E-state index contributed by atoms with van der Waals surface area (Å²) < 4.78 is 15.9. The molecule has 7 nitrogen and oxygen atoms in total. The lowest BCUT2D eigenvalue weighted by Crippen LogP contribution is -2.37. The van der Waals surface area contributed by atoms with E-state index in [-0.39, 0.29) is 24.0 Å². The Kier molecular flexibility index (Phi) is 11.4. The van der Waals surface area contributed by atoms with Crippen LogP contribution in [0.25, 0.3) is 0 Å². The first-order valence-electron chi connectivity index (χ1n) is 8.77. The van der Waals surface area contributed by atoms with Crippen LogP contribution in [0, 0.1) is 0 Å². The zero-order valence-corrected chi connectivity index (χ0v) is 18.0. The van der Waals surface area contributed by atoms with Crippen molar-refractivity contribution in [2.24, 2.45) is 10.7 Å². The third kappa shape index (κ3) is 7.96. The lowest BCUT2D eigenvalue weighted by Gasteiger charge is -2.26. The van der Waals surface area contributed by atoms with E-state index in [0.717, 1.165) is 57.8 Å². The van der Waals surface area contributed by atoms with Crippen LogP contribution in [0.3, 0.4) is 0 Å². The molecule has 2 rings (SSSR count). The van der Waals surface area contributed by atoms with Gasteiger partial charge in [-0.2, -0.15) is 0 Å². The number of benzene rings is 1. The summed E-state index contributed by atoms with van der Waals surface area (Å²) in [5, 5.41) is 3.17. The van der Waals surface area contributed by atoms with Gasteiger partial charge in [0.15, 0.2) is 17.5 Å². The van der Waals surface area contributed by atoms with Crippen molar-refractivity contribution in [3.63, 3.8) is 0 Å². The van der Waals surface area contributed by atoms with Gasteiger partial charge in [-0.05, 0) is 37.1 Å². The number of aliphatic imine (C=N–C) groups is 1. The quantitative estimate of drug-likeness (QED) is 0.244. The molecule has 0 amide bonds. The Balaban J connectivity index is 0.00000338. The molecular formula is C18H31IN4O3. The van der Waals surface area contributed by atoms with Crippen molar-refractivity contribution in [1.82, 2.24) is 10.2 Å². The summed E-state index contributed by atoms with van der Waals surface area (Å²) >= 11 is 0. The van der Waals surface area contributed by atoms with Crippen LogP contribution in [-0.4, -0.2) is 64.5 Å². The summed E-state index contributed by atoms with van der Waals surface area (Å²) in [6.45, 7) is 6.26. The smallest absolute Gasteiger partial charge is 0.188 e. The van der Waals surface area contributed by atoms with Crippen LogP contribution in [-0.2, 0) is 11.3 Å². The lowest BCUT2D eigenvalue weighted by molar-refractivity contribution is 0.0372. The Labute approximate surface area is 173 Å². The fourth-order valence-corrected chi connectivity index (χ4v) is 2.71. The average Bonchev–Trinajstić information content (AvgIpc) is 2.66. The van der Waals surface area contributed by atoms with E-state index in [4.69, 9.17) is 19.9 Å². The molecule has 26 heavy (non-hydrogen) atoms. The highest BCUT2D eigenvalue weighted by Crippen LogP contribution is 2.27. The van der Waals surface area contributed by atoms with Gasteiger partial charge in [-0.15, -0.1) is 24.0 Å². The van der Waals surface area contributed by atoms with Crippen LogP contribution >= 0.6 is 24.0 Å². The van der Waals surface area contributed by atoms with Crippen molar-refractivity contribution in [1.29, 1.82) is 0 Å². The zero-order chi connectivity index (χ0) is 17.9. The fourth-order valence-electron chi connectivity index (χ4n) is 2.71. The van der Waals surface area contributed by atoms with Crippen LogP contribution in [0.5, 0.6) is 11.5 Å². The summed E-state index contributed by atoms with van der Waals surface area (Å²) in [5.41, 5.74) is 6.95. The maximum atomic E-state index is 5.93. The van der Waals surface area contributed by atoms with Crippen LogP contribution in [0.1, 0.15) is 18.4 Å². The molecule has 0 spiro atoms. The van der Waals surface area contributed by atoms with Gasteiger partial charge >= 0.3 is 0 Å². The van der Waals surface area contributed by atoms with Crippen LogP contribution in [0.15, 0.2) is 23.2 Å². The molecule has 0 bridgehead atoms. The molecule has 0 unspecified atom stereocenters. The largest absolute Gasteiger partial charge is 0.493 e. The van der Waals surface area contributed by atoms with Gasteiger partial charge < -0.3 is 25.3 Å². The maximum Gasteiger partial charge on any atom is 0.188 e. The van der Waals surface area contributed by atoms with Crippen molar-refractivity contribution < 1.29 is 14.2 Å². The number of hydrogen-bond acceptors (Lipinski definition) is 5. The predicted octanol–water partition coefficient (Wildman–Crippen LogP) is 1.84. The molecule has 1 aliphatic rings.